The molecule has 2 heteroatoms. The Morgan fingerprint density at radius 1 is 0.800 bits per heavy atom. The molecule has 0 aliphatic heterocycles. The molecule has 1 atom stereocenters. The molecule has 0 aliphatic carbocycles. The van der Waals surface area contributed by atoms with Gasteiger partial charge in [0.05, 0.1) is 5.38 Å². The van der Waals surface area contributed by atoms with Crippen LogP contribution in [0.5, 0.6) is 0 Å². The van der Waals surface area contributed by atoms with E-state index >= 15 is 0 Å². The third-order valence-electron chi connectivity index (χ3n) is 3.32. The number of hydrogen-bond donors (Lipinski definition) is 0. The molecule has 0 N–H and O–H groups in total. The zero-order valence-electron chi connectivity index (χ0n) is 11.0. The van der Waals surface area contributed by atoms with Crippen LogP contribution in [0.1, 0.15) is 26.9 Å². The molecular formula is C18H15ClS. The van der Waals surface area contributed by atoms with Crippen LogP contribution in [-0.2, 0) is 6.42 Å². The summed E-state index contributed by atoms with van der Waals surface area (Å²) in [6.07, 6.45) is 0.965. The molecule has 0 aliphatic rings. The van der Waals surface area contributed by atoms with E-state index in [0.717, 1.165) is 12.0 Å². The number of halogens is 1. The predicted octanol–water partition coefficient (Wildman–Crippen LogP) is 5.67. The van der Waals surface area contributed by atoms with Crippen LogP contribution in [0, 0.1) is 0 Å². The zero-order chi connectivity index (χ0) is 13.8. The van der Waals surface area contributed by atoms with Gasteiger partial charge in [0.25, 0.3) is 0 Å². The third-order valence-corrected chi connectivity index (χ3v) is 4.87. The van der Waals surface area contributed by atoms with Gasteiger partial charge in [0, 0.05) is 4.88 Å². The predicted molar refractivity (Wildman–Crippen MR) is 87.7 cm³/mol. The Hall–Kier alpha value is -1.57. The molecule has 1 aromatic heterocycles. The first-order chi connectivity index (χ1) is 9.83. The highest BCUT2D eigenvalue weighted by Crippen LogP contribution is 2.31. The van der Waals surface area contributed by atoms with Crippen LogP contribution < -0.4 is 0 Å². The average molecular weight is 299 g/mol. The minimum absolute atomic E-state index is 0.0409. The van der Waals surface area contributed by atoms with Crippen molar-refractivity contribution in [2.24, 2.45) is 0 Å². The lowest BCUT2D eigenvalue weighted by molar-refractivity contribution is 1.14. The third kappa shape index (κ3) is 3.12. The van der Waals surface area contributed by atoms with Gasteiger partial charge in [0.1, 0.15) is 0 Å². The van der Waals surface area contributed by atoms with Gasteiger partial charge in [-0.05, 0) is 34.6 Å². The molecule has 3 aromatic rings. The lowest BCUT2D eigenvalue weighted by atomic mass is 10.0. The minimum atomic E-state index is -0.0409. The van der Waals surface area contributed by atoms with Gasteiger partial charge in [-0.3, -0.25) is 0 Å². The maximum atomic E-state index is 6.50. The maximum Gasteiger partial charge on any atom is 0.0927 e. The van der Waals surface area contributed by atoms with Crippen LogP contribution in [0.3, 0.4) is 0 Å². The summed E-state index contributed by atoms with van der Waals surface area (Å²) in [5.74, 6) is 0. The highest BCUT2D eigenvalue weighted by molar-refractivity contribution is 7.10. The number of rotatable bonds is 4. The maximum absolute atomic E-state index is 6.50. The largest absolute Gasteiger partial charge is 0.147 e. The van der Waals surface area contributed by atoms with Gasteiger partial charge in [-0.25, -0.2) is 0 Å². The van der Waals surface area contributed by atoms with Crippen molar-refractivity contribution in [2.75, 3.05) is 0 Å². The summed E-state index contributed by atoms with van der Waals surface area (Å²) in [5.41, 5.74) is 3.81. The van der Waals surface area contributed by atoms with Crippen LogP contribution in [0.2, 0.25) is 0 Å². The first kappa shape index (κ1) is 13.4. The molecule has 1 heterocycles. The highest BCUT2D eigenvalue weighted by atomic mass is 35.5. The van der Waals surface area contributed by atoms with E-state index in [1.54, 1.807) is 11.3 Å². The second-order valence-electron chi connectivity index (χ2n) is 4.78. The molecule has 0 bridgehead atoms. The van der Waals surface area contributed by atoms with E-state index in [2.05, 4.69) is 60.0 Å². The van der Waals surface area contributed by atoms with Crippen molar-refractivity contribution in [3.05, 3.63) is 93.7 Å². The first-order valence-corrected chi connectivity index (χ1v) is 7.95. The van der Waals surface area contributed by atoms with Gasteiger partial charge in [0.2, 0.25) is 0 Å². The average Bonchev–Trinajstić information content (AvgIpc) is 3.03. The van der Waals surface area contributed by atoms with E-state index in [1.807, 2.05) is 12.1 Å². The topological polar surface area (TPSA) is 0 Å². The summed E-state index contributed by atoms with van der Waals surface area (Å²) in [5, 5.41) is 2.02. The van der Waals surface area contributed by atoms with Crippen molar-refractivity contribution in [3.8, 4) is 0 Å². The van der Waals surface area contributed by atoms with Crippen molar-refractivity contribution in [3.63, 3.8) is 0 Å². The Labute approximate surface area is 128 Å². The summed E-state index contributed by atoms with van der Waals surface area (Å²) in [7, 11) is 0. The van der Waals surface area contributed by atoms with Crippen molar-refractivity contribution < 1.29 is 0 Å². The number of alkyl halides is 1. The Kier molecular flexibility index (Phi) is 4.19. The van der Waals surface area contributed by atoms with E-state index in [9.17, 15) is 0 Å². The summed E-state index contributed by atoms with van der Waals surface area (Å²) in [6.45, 7) is 0. The van der Waals surface area contributed by atoms with Crippen molar-refractivity contribution in [1.82, 2.24) is 0 Å². The summed E-state index contributed by atoms with van der Waals surface area (Å²) in [6, 6.07) is 23.3. The lowest BCUT2D eigenvalue weighted by Gasteiger charge is -2.09. The molecule has 0 saturated carbocycles. The molecule has 20 heavy (non-hydrogen) atoms. The van der Waals surface area contributed by atoms with Crippen LogP contribution in [0.25, 0.3) is 0 Å². The van der Waals surface area contributed by atoms with Gasteiger partial charge < -0.3 is 0 Å². The van der Waals surface area contributed by atoms with Crippen LogP contribution in [-0.4, -0.2) is 0 Å². The minimum Gasteiger partial charge on any atom is -0.147 e. The molecule has 1 unspecified atom stereocenters. The van der Waals surface area contributed by atoms with Crippen molar-refractivity contribution in [2.45, 2.75) is 11.8 Å². The molecular weight excluding hydrogens is 284 g/mol. The molecule has 0 nitrogen and oxygen atoms in total. The van der Waals surface area contributed by atoms with Crippen LogP contribution in [0.4, 0.5) is 0 Å². The Balaban J connectivity index is 1.75. The van der Waals surface area contributed by atoms with Crippen molar-refractivity contribution in [1.29, 1.82) is 0 Å². The van der Waals surface area contributed by atoms with Gasteiger partial charge in [-0.15, -0.1) is 22.9 Å². The second kappa shape index (κ2) is 6.25. The molecule has 3 rings (SSSR count). The highest BCUT2D eigenvalue weighted by Gasteiger charge is 2.11. The van der Waals surface area contributed by atoms with E-state index in [0.29, 0.717) is 0 Å². The van der Waals surface area contributed by atoms with Gasteiger partial charge >= 0.3 is 0 Å². The fourth-order valence-corrected chi connectivity index (χ4v) is 3.34. The number of hydrogen-bond acceptors (Lipinski definition) is 1. The summed E-state index contributed by atoms with van der Waals surface area (Å²) < 4.78 is 0. The molecule has 0 radical (unpaired) electrons. The van der Waals surface area contributed by atoms with Gasteiger partial charge in [0.15, 0.2) is 0 Å². The van der Waals surface area contributed by atoms with E-state index in [4.69, 9.17) is 11.6 Å². The SMILES string of the molecule is ClC(c1ccc(Cc2ccccc2)cc1)c1cccs1. The second-order valence-corrected chi connectivity index (χ2v) is 6.20. The Morgan fingerprint density at radius 3 is 2.15 bits per heavy atom. The first-order valence-electron chi connectivity index (χ1n) is 6.63. The molecule has 0 spiro atoms. The molecule has 0 amide bonds. The monoisotopic (exact) mass is 298 g/mol. The zero-order valence-corrected chi connectivity index (χ0v) is 12.6. The molecule has 100 valence electrons. The smallest absolute Gasteiger partial charge is 0.0927 e. The Bertz CT molecular complexity index is 642. The standard InChI is InChI=1S/C18H15ClS/c19-18(17-7-4-12-20-17)16-10-8-15(9-11-16)13-14-5-2-1-3-6-14/h1-12,18H,13H2. The van der Waals surface area contributed by atoms with Crippen LogP contribution in [0.15, 0.2) is 72.1 Å². The molecule has 0 fully saturated rings. The van der Waals surface area contributed by atoms with E-state index < -0.39 is 0 Å². The molecule has 2 aromatic carbocycles. The fraction of sp³-hybridized carbons (Fsp3) is 0.111. The van der Waals surface area contributed by atoms with Crippen molar-refractivity contribution >= 4 is 22.9 Å². The fourth-order valence-electron chi connectivity index (χ4n) is 2.24. The van der Waals surface area contributed by atoms with Crippen LogP contribution >= 0.6 is 22.9 Å². The number of benzene rings is 2. The number of thiophene rings is 1. The Morgan fingerprint density at radius 2 is 1.50 bits per heavy atom. The lowest BCUT2D eigenvalue weighted by Crippen LogP contribution is -1.92. The van der Waals surface area contributed by atoms with Gasteiger partial charge in [-0.1, -0.05) is 60.7 Å². The summed E-state index contributed by atoms with van der Waals surface area (Å²) >= 11 is 8.20. The summed E-state index contributed by atoms with van der Waals surface area (Å²) in [4.78, 5) is 1.20. The molecule has 0 saturated heterocycles. The van der Waals surface area contributed by atoms with E-state index in [1.165, 1.54) is 16.0 Å². The normalized spacial score (nSPS) is 12.2. The quantitative estimate of drug-likeness (QED) is 0.545. The van der Waals surface area contributed by atoms with Gasteiger partial charge in [-0.2, -0.15) is 0 Å². The van der Waals surface area contributed by atoms with E-state index in [-0.39, 0.29) is 5.38 Å².